The highest BCUT2D eigenvalue weighted by Gasteiger charge is 2.57. The van der Waals surface area contributed by atoms with Crippen LogP contribution in [0.4, 0.5) is 0 Å². The zero-order valence-corrected chi connectivity index (χ0v) is 30.6. The Kier molecular flexibility index (Phi) is 13.1. The smallest absolute Gasteiger partial charge is 0.311 e. The number of aliphatic hydroxyl groups is 3. The highest BCUT2D eigenvalue weighted by atomic mass is 16.7. The number of methoxy groups -OCH3 is 1. The molecule has 4 aliphatic heterocycles. The molecule has 0 amide bonds. The third kappa shape index (κ3) is 8.43. The first-order chi connectivity index (χ1) is 22.4. The molecule has 13 nitrogen and oxygen atoms in total. The summed E-state index contributed by atoms with van der Waals surface area (Å²) in [6, 6.07) is -0.219. The van der Waals surface area contributed by atoms with Crippen LogP contribution in [0.3, 0.4) is 0 Å². The van der Waals surface area contributed by atoms with E-state index in [1.54, 1.807) is 34.6 Å². The van der Waals surface area contributed by atoms with Crippen LogP contribution in [-0.2, 0) is 42.7 Å². The molecular formula is C35H61NO12. The Morgan fingerprint density at radius 2 is 1.44 bits per heavy atom. The molecule has 0 unspecified atom stereocenters. The lowest BCUT2D eigenvalue weighted by Crippen LogP contribution is -2.57. The number of ether oxygens (including phenoxy) is 7. The number of carbonyl (C=O) groups is 2. The van der Waals surface area contributed by atoms with Gasteiger partial charge in [-0.15, -0.1) is 0 Å². The SMILES string of the molecule is CO[C@@H]1C[C@H](O[C@H]2[C@@H](C)[C@@H](O[C@@H]3O[C@H](C)C[C@H](N(C)C)[C@H]3O)[C@@H](C)C[C@@]3(CO3)C(=O)[C@H](C)[C@@H](O)[C@@H](C)[C@@H](C)OC(=O)[C@H]2C)O[C@@H](C)[C@@H]1O. The van der Waals surface area contributed by atoms with Crippen molar-refractivity contribution >= 4 is 11.8 Å². The number of ketones is 1. The Bertz CT molecular complexity index is 1090. The summed E-state index contributed by atoms with van der Waals surface area (Å²) in [4.78, 5) is 29.7. The van der Waals surface area contributed by atoms with Gasteiger partial charge in [0, 0.05) is 37.3 Å². The van der Waals surface area contributed by atoms with Gasteiger partial charge in [0.2, 0.25) is 0 Å². The lowest BCUT2D eigenvalue weighted by Gasteiger charge is -2.46. The van der Waals surface area contributed by atoms with Crippen molar-refractivity contribution in [2.75, 3.05) is 27.8 Å². The second-order valence-corrected chi connectivity index (χ2v) is 15.3. The zero-order chi connectivity index (χ0) is 35.8. The average Bonchev–Trinajstić information content (AvgIpc) is 3.82. The highest BCUT2D eigenvalue weighted by Crippen LogP contribution is 2.43. The lowest BCUT2D eigenvalue weighted by molar-refractivity contribution is -0.299. The second kappa shape index (κ2) is 16.0. The van der Waals surface area contributed by atoms with Crippen LogP contribution in [0.1, 0.15) is 74.7 Å². The molecule has 0 radical (unpaired) electrons. The molecule has 4 saturated heterocycles. The maximum absolute atomic E-state index is 13.9. The standard InChI is InChI=1S/C35H61NO12/c1-16-14-35(15-43-35)32(40)19(4)27(37)18(3)22(7)46-33(41)21(6)31(47-26-13-25(42-11)28(38)23(8)45-26)20(5)30(16)48-34-29(39)24(36(9)10)12-17(2)44-34/h16-31,34,37-39H,12-15H2,1-11H3/t16-,17+,18-,19+,20-,21-,22+,23-,24-,25+,26-,27-,28-,29+,30-,31-,34-,35+/m0/s1. The molecule has 3 N–H and O–H groups in total. The fourth-order valence-corrected chi connectivity index (χ4v) is 7.89. The number of Topliss-reactive ketones (excluding diaryl/α,β-unsaturated/α-hetero) is 1. The maximum Gasteiger partial charge on any atom is 0.311 e. The molecule has 4 rings (SSSR count). The quantitative estimate of drug-likeness (QED) is 0.274. The summed E-state index contributed by atoms with van der Waals surface area (Å²) < 4.78 is 43.0. The zero-order valence-electron chi connectivity index (χ0n) is 30.6. The second-order valence-electron chi connectivity index (χ2n) is 15.3. The summed E-state index contributed by atoms with van der Waals surface area (Å²) in [5, 5.41) is 33.3. The van der Waals surface area contributed by atoms with Crippen LogP contribution in [-0.4, -0.2) is 139 Å². The molecule has 13 heteroatoms. The van der Waals surface area contributed by atoms with E-state index in [-0.39, 0.29) is 43.3 Å². The van der Waals surface area contributed by atoms with E-state index in [2.05, 4.69) is 0 Å². The Morgan fingerprint density at radius 3 is 2.02 bits per heavy atom. The summed E-state index contributed by atoms with van der Waals surface area (Å²) in [5.41, 5.74) is -1.10. The van der Waals surface area contributed by atoms with Crippen LogP contribution >= 0.6 is 0 Å². The molecule has 1 spiro atoms. The molecule has 278 valence electrons. The Hall–Kier alpha value is -1.26. The van der Waals surface area contributed by atoms with E-state index in [4.69, 9.17) is 33.2 Å². The first-order valence-corrected chi connectivity index (χ1v) is 17.7. The minimum absolute atomic E-state index is 0.198. The van der Waals surface area contributed by atoms with Gasteiger partial charge >= 0.3 is 5.97 Å². The van der Waals surface area contributed by atoms with Crippen LogP contribution in [0.15, 0.2) is 0 Å². The van der Waals surface area contributed by atoms with E-state index in [9.17, 15) is 24.9 Å². The fraction of sp³-hybridized carbons (Fsp3) is 0.943. The molecule has 48 heavy (non-hydrogen) atoms. The third-order valence-electron chi connectivity index (χ3n) is 11.4. The number of esters is 1. The molecule has 4 fully saturated rings. The molecule has 0 aromatic rings. The Balaban J connectivity index is 1.75. The summed E-state index contributed by atoms with van der Waals surface area (Å²) in [5.74, 6) is -3.74. The van der Waals surface area contributed by atoms with Gasteiger partial charge in [-0.3, -0.25) is 9.59 Å². The van der Waals surface area contributed by atoms with E-state index in [0.29, 0.717) is 6.42 Å². The van der Waals surface area contributed by atoms with Crippen LogP contribution in [0.5, 0.6) is 0 Å². The van der Waals surface area contributed by atoms with E-state index < -0.39 is 96.7 Å². The molecule has 0 aliphatic carbocycles. The van der Waals surface area contributed by atoms with Crippen molar-refractivity contribution in [3.05, 3.63) is 0 Å². The number of nitrogens with zero attached hydrogens (tertiary/aromatic N) is 1. The van der Waals surface area contributed by atoms with Gasteiger partial charge in [-0.2, -0.15) is 0 Å². The number of epoxide rings is 1. The molecule has 4 aliphatic rings. The molecule has 18 atom stereocenters. The van der Waals surface area contributed by atoms with Gasteiger partial charge in [0.1, 0.15) is 18.3 Å². The largest absolute Gasteiger partial charge is 0.462 e. The van der Waals surface area contributed by atoms with Crippen molar-refractivity contribution in [1.29, 1.82) is 0 Å². The maximum atomic E-state index is 13.9. The minimum atomic E-state index is -1.10. The van der Waals surface area contributed by atoms with E-state index in [1.165, 1.54) is 7.11 Å². The first-order valence-electron chi connectivity index (χ1n) is 17.7. The van der Waals surface area contributed by atoms with Crippen molar-refractivity contribution in [2.45, 2.75) is 154 Å². The number of likely N-dealkylation sites (N-methyl/N-ethyl adjacent to an activating group) is 1. The predicted octanol–water partition coefficient (Wildman–Crippen LogP) is 1.91. The number of cyclic esters (lactones) is 1. The summed E-state index contributed by atoms with van der Waals surface area (Å²) >= 11 is 0. The minimum Gasteiger partial charge on any atom is -0.462 e. The number of hydrogen-bond acceptors (Lipinski definition) is 13. The van der Waals surface area contributed by atoms with Gasteiger partial charge in [0.15, 0.2) is 24.0 Å². The summed E-state index contributed by atoms with van der Waals surface area (Å²) in [7, 11) is 5.32. The van der Waals surface area contributed by atoms with Crippen molar-refractivity contribution in [3.63, 3.8) is 0 Å². The van der Waals surface area contributed by atoms with Gasteiger partial charge in [0.25, 0.3) is 0 Å². The summed E-state index contributed by atoms with van der Waals surface area (Å²) in [6.45, 7) is 14.6. The monoisotopic (exact) mass is 687 g/mol. The molecule has 0 aromatic carbocycles. The molecule has 0 aromatic heterocycles. The van der Waals surface area contributed by atoms with Crippen LogP contribution in [0, 0.1) is 29.6 Å². The van der Waals surface area contributed by atoms with Gasteiger partial charge in [-0.05, 0) is 60.5 Å². The lowest BCUT2D eigenvalue weighted by atomic mass is 9.76. The molecular weight excluding hydrogens is 626 g/mol. The normalized spacial score (nSPS) is 49.9. The number of hydrogen-bond donors (Lipinski definition) is 3. The van der Waals surface area contributed by atoms with E-state index in [1.807, 2.05) is 39.8 Å². The Labute approximate surface area is 285 Å². The molecule has 4 heterocycles. The van der Waals surface area contributed by atoms with Crippen LogP contribution in [0.2, 0.25) is 0 Å². The van der Waals surface area contributed by atoms with Crippen molar-refractivity contribution in [2.24, 2.45) is 29.6 Å². The van der Waals surface area contributed by atoms with Crippen LogP contribution < -0.4 is 0 Å². The topological polar surface area (TPSA) is 166 Å². The number of rotatable bonds is 6. The third-order valence-corrected chi connectivity index (χ3v) is 11.4. The van der Waals surface area contributed by atoms with Gasteiger partial charge in [0.05, 0.1) is 49.1 Å². The Morgan fingerprint density at radius 1 is 0.792 bits per heavy atom. The van der Waals surface area contributed by atoms with Gasteiger partial charge in [-0.25, -0.2) is 0 Å². The van der Waals surface area contributed by atoms with Crippen molar-refractivity contribution in [3.8, 4) is 0 Å². The van der Waals surface area contributed by atoms with Crippen LogP contribution in [0.25, 0.3) is 0 Å². The van der Waals surface area contributed by atoms with E-state index in [0.717, 1.165) is 0 Å². The highest BCUT2D eigenvalue weighted by molar-refractivity contribution is 5.92. The molecule has 0 bridgehead atoms. The molecule has 0 saturated carbocycles. The van der Waals surface area contributed by atoms with Gasteiger partial charge in [-0.1, -0.05) is 27.7 Å². The number of carbonyl (C=O) groups excluding carboxylic acids is 2. The van der Waals surface area contributed by atoms with Crippen molar-refractivity contribution in [1.82, 2.24) is 4.90 Å². The van der Waals surface area contributed by atoms with Crippen molar-refractivity contribution < 1.29 is 58.1 Å². The summed E-state index contributed by atoms with van der Waals surface area (Å²) in [6.07, 6.45) is -7.15. The average molecular weight is 688 g/mol. The van der Waals surface area contributed by atoms with E-state index >= 15 is 0 Å². The fourth-order valence-electron chi connectivity index (χ4n) is 7.89. The van der Waals surface area contributed by atoms with Gasteiger partial charge < -0.3 is 53.4 Å². The number of aliphatic hydroxyl groups excluding tert-OH is 3. The first kappa shape index (κ1) is 39.5. The predicted molar refractivity (Wildman–Crippen MR) is 174 cm³/mol.